The zero-order chi connectivity index (χ0) is 57.0. The fourth-order valence-electron chi connectivity index (χ4n) is 12.2. The van der Waals surface area contributed by atoms with Gasteiger partial charge >= 0.3 is 0 Å². The molecular weight excluding hydrogens is 999 g/mol. The fraction of sp³-hybridized carbons (Fsp3) is 0.224. The first-order valence-electron chi connectivity index (χ1n) is 29.0. The molecule has 0 amide bonds. The van der Waals surface area contributed by atoms with Crippen LogP contribution in [-0.2, 0) is 21.7 Å². The van der Waals surface area contributed by atoms with Crippen molar-refractivity contribution in [1.82, 2.24) is 14.1 Å². The molecule has 0 radical (unpaired) electrons. The standard InChI is InChI=1S/C76H73N5O/c1-73(2,3)53-36-37-77-69(44-53)81-66-35-23-34-65-70(66)71-67(80(65)57-28-17-14-18-29-57)46-60(47-68(71)81)82-59-31-22-30-58(45-59)78-48-79(64-33-20-19-32-63(64)78)72-61(51-27-21-26-50(38-51)49-24-15-13-16-25-49)42-56(76(10,11)12)43-62(72)52-39-54(74(4,5)6)41-55(40-52)75(7,8)9/h13-47H,48H2,1-12H3. The van der Waals surface area contributed by atoms with E-state index in [9.17, 15) is 0 Å². The van der Waals surface area contributed by atoms with Gasteiger partial charge in [-0.05, 0) is 145 Å². The van der Waals surface area contributed by atoms with Gasteiger partial charge in [0.15, 0.2) is 0 Å². The van der Waals surface area contributed by atoms with Crippen LogP contribution in [0, 0.1) is 0 Å². The van der Waals surface area contributed by atoms with Crippen LogP contribution in [0.5, 0.6) is 11.5 Å². The molecule has 0 saturated carbocycles. The van der Waals surface area contributed by atoms with Crippen LogP contribution in [0.25, 0.3) is 77.7 Å². The highest BCUT2D eigenvalue weighted by molar-refractivity contribution is 6.25. The molecule has 9 aromatic carbocycles. The molecule has 0 unspecified atom stereocenters. The molecule has 0 bridgehead atoms. The number of pyridine rings is 1. The van der Waals surface area contributed by atoms with Crippen LogP contribution in [0.4, 0.5) is 22.7 Å². The second-order valence-electron chi connectivity index (χ2n) is 26.7. The Balaban J connectivity index is 0.972. The number of hydrogen-bond donors (Lipinski definition) is 0. The van der Waals surface area contributed by atoms with Gasteiger partial charge in [-0.15, -0.1) is 0 Å². The Morgan fingerprint density at radius 2 is 0.866 bits per heavy atom. The van der Waals surface area contributed by atoms with Crippen molar-refractivity contribution >= 4 is 55.6 Å². The lowest BCUT2D eigenvalue weighted by molar-refractivity contribution is 0.484. The first-order valence-corrected chi connectivity index (χ1v) is 29.0. The Bertz CT molecular complexity index is 4350. The minimum absolute atomic E-state index is 0.0513. The molecule has 1 aliphatic heterocycles. The van der Waals surface area contributed by atoms with Crippen molar-refractivity contribution in [3.8, 4) is 56.4 Å². The van der Waals surface area contributed by atoms with Gasteiger partial charge in [0.1, 0.15) is 24.0 Å². The molecule has 6 heteroatoms. The van der Waals surface area contributed by atoms with Crippen LogP contribution in [0.15, 0.2) is 212 Å². The fourth-order valence-corrected chi connectivity index (χ4v) is 12.2. The van der Waals surface area contributed by atoms with E-state index >= 15 is 0 Å². The van der Waals surface area contributed by atoms with Crippen molar-refractivity contribution in [2.75, 3.05) is 16.5 Å². The molecule has 0 fully saturated rings. The van der Waals surface area contributed by atoms with Crippen molar-refractivity contribution in [2.45, 2.75) is 105 Å². The Kier molecular flexibility index (Phi) is 12.4. The smallest absolute Gasteiger partial charge is 0.137 e. The maximum atomic E-state index is 7.19. The molecule has 6 nitrogen and oxygen atoms in total. The molecule has 82 heavy (non-hydrogen) atoms. The SMILES string of the molecule is CC(C)(C)c1cc(-c2cc(C(C)(C)C)cc(-c3cccc(-c4ccccc4)c3)c2N2CN(c3cccc(Oc4cc5c6c7c(cccc7n(-c7cc(C(C)(C)C)ccn7)c6c4)n5-c4ccccc4)c3)c3ccccc32)cc(C(C)(C)C)c1. The van der Waals surface area contributed by atoms with Crippen molar-refractivity contribution in [3.63, 3.8) is 0 Å². The third-order valence-electron chi connectivity index (χ3n) is 16.8. The van der Waals surface area contributed by atoms with Gasteiger partial charge in [-0.25, -0.2) is 4.98 Å². The van der Waals surface area contributed by atoms with Gasteiger partial charge in [0.05, 0.1) is 39.1 Å². The average Bonchev–Trinajstić information content (AvgIpc) is 1.89. The summed E-state index contributed by atoms with van der Waals surface area (Å²) in [5, 5.41) is 2.40. The topological polar surface area (TPSA) is 38.5 Å². The first kappa shape index (κ1) is 52.5. The minimum Gasteiger partial charge on any atom is -0.457 e. The highest BCUT2D eigenvalue weighted by atomic mass is 16.5. The number of aromatic nitrogens is 3. The first-order chi connectivity index (χ1) is 39.2. The highest BCUT2D eigenvalue weighted by Gasteiger charge is 2.34. The summed E-state index contributed by atoms with van der Waals surface area (Å²) in [6, 6.07) is 75.9. The summed E-state index contributed by atoms with van der Waals surface area (Å²) < 4.78 is 11.9. The molecule has 408 valence electrons. The number of para-hydroxylation sites is 3. The lowest BCUT2D eigenvalue weighted by Gasteiger charge is -2.32. The Morgan fingerprint density at radius 1 is 0.354 bits per heavy atom. The molecule has 12 aromatic rings. The van der Waals surface area contributed by atoms with Crippen molar-refractivity contribution in [2.24, 2.45) is 0 Å². The van der Waals surface area contributed by atoms with Crippen LogP contribution < -0.4 is 14.5 Å². The van der Waals surface area contributed by atoms with Gasteiger partial charge in [-0.3, -0.25) is 4.57 Å². The van der Waals surface area contributed by atoms with Crippen LogP contribution in [-0.4, -0.2) is 20.8 Å². The zero-order valence-corrected chi connectivity index (χ0v) is 49.6. The quantitative estimate of drug-likeness (QED) is 0.144. The van der Waals surface area contributed by atoms with E-state index in [1.54, 1.807) is 0 Å². The van der Waals surface area contributed by atoms with Crippen LogP contribution in [0.3, 0.4) is 0 Å². The summed E-state index contributed by atoms with van der Waals surface area (Å²) in [5.74, 6) is 2.39. The summed E-state index contributed by atoms with van der Waals surface area (Å²) in [6.45, 7) is 28.4. The monoisotopic (exact) mass is 1070 g/mol. The van der Waals surface area contributed by atoms with Gasteiger partial charge in [-0.2, -0.15) is 0 Å². The van der Waals surface area contributed by atoms with E-state index < -0.39 is 0 Å². The van der Waals surface area contributed by atoms with Gasteiger partial charge in [-0.1, -0.05) is 192 Å². The largest absolute Gasteiger partial charge is 0.457 e. The predicted molar refractivity (Wildman–Crippen MR) is 346 cm³/mol. The molecule has 0 N–H and O–H groups in total. The normalized spacial score (nSPS) is 13.3. The Morgan fingerprint density at radius 3 is 1.52 bits per heavy atom. The second kappa shape index (κ2) is 19.4. The van der Waals surface area contributed by atoms with Gasteiger partial charge in [0.25, 0.3) is 0 Å². The Labute approximate surface area is 484 Å². The molecule has 0 saturated heterocycles. The number of hydrogen-bond acceptors (Lipinski definition) is 4. The lowest BCUT2D eigenvalue weighted by atomic mass is 9.77. The van der Waals surface area contributed by atoms with Crippen molar-refractivity contribution in [3.05, 3.63) is 235 Å². The zero-order valence-electron chi connectivity index (χ0n) is 49.6. The number of benzene rings is 9. The summed E-state index contributed by atoms with van der Waals surface area (Å²) in [6.07, 6.45) is 1.95. The number of rotatable bonds is 9. The maximum Gasteiger partial charge on any atom is 0.137 e. The molecule has 3 aromatic heterocycles. The van der Waals surface area contributed by atoms with E-state index in [2.05, 4.69) is 308 Å². The van der Waals surface area contributed by atoms with Crippen molar-refractivity contribution in [1.29, 1.82) is 0 Å². The number of nitrogens with zero attached hydrogens (tertiary/aromatic N) is 5. The van der Waals surface area contributed by atoms with E-state index in [1.807, 2.05) is 6.20 Å². The third kappa shape index (κ3) is 9.28. The molecule has 4 heterocycles. The van der Waals surface area contributed by atoms with Crippen LogP contribution in [0.2, 0.25) is 0 Å². The third-order valence-corrected chi connectivity index (χ3v) is 16.8. The molecule has 13 rings (SSSR count). The van der Waals surface area contributed by atoms with E-state index in [-0.39, 0.29) is 21.7 Å². The van der Waals surface area contributed by atoms with E-state index in [0.29, 0.717) is 6.67 Å². The van der Waals surface area contributed by atoms with E-state index in [1.165, 1.54) is 72.1 Å². The van der Waals surface area contributed by atoms with E-state index in [4.69, 9.17) is 9.72 Å². The van der Waals surface area contributed by atoms with Crippen LogP contribution >= 0.6 is 0 Å². The summed E-state index contributed by atoms with van der Waals surface area (Å²) in [4.78, 5) is 10.1. The molecule has 1 aliphatic rings. The van der Waals surface area contributed by atoms with Gasteiger partial charge in [0, 0.05) is 57.7 Å². The van der Waals surface area contributed by atoms with E-state index in [0.717, 1.165) is 62.1 Å². The summed E-state index contributed by atoms with van der Waals surface area (Å²) in [7, 11) is 0. The van der Waals surface area contributed by atoms with Crippen LogP contribution in [0.1, 0.15) is 105 Å². The second-order valence-corrected chi connectivity index (χ2v) is 26.7. The highest BCUT2D eigenvalue weighted by Crippen LogP contribution is 2.53. The Hall–Kier alpha value is -8.87. The molecule has 0 aliphatic carbocycles. The summed E-state index contributed by atoms with van der Waals surface area (Å²) in [5.41, 5.74) is 22.0. The van der Waals surface area contributed by atoms with Gasteiger partial charge < -0.3 is 19.1 Å². The number of ether oxygens (including phenoxy) is 1. The number of anilines is 4. The molecular formula is C76H73N5O. The molecule has 0 spiro atoms. The average molecular weight is 1070 g/mol. The predicted octanol–water partition coefficient (Wildman–Crippen LogP) is 20.8. The summed E-state index contributed by atoms with van der Waals surface area (Å²) >= 11 is 0. The van der Waals surface area contributed by atoms with Gasteiger partial charge in [0.2, 0.25) is 0 Å². The minimum atomic E-state index is -0.140. The lowest BCUT2D eigenvalue weighted by Crippen LogP contribution is -2.25. The number of fused-ring (bicyclic) bond motifs is 1. The molecule has 0 atom stereocenters. The van der Waals surface area contributed by atoms with Crippen molar-refractivity contribution < 1.29 is 4.74 Å². The maximum absolute atomic E-state index is 7.19.